The van der Waals surface area contributed by atoms with Gasteiger partial charge in [0, 0.05) is 16.6 Å². The number of nitrogens with two attached hydrogens (primary N) is 1. The van der Waals surface area contributed by atoms with Crippen LogP contribution < -0.4 is 10.5 Å². The summed E-state index contributed by atoms with van der Waals surface area (Å²) in [7, 11) is 0. The number of ether oxygens (including phenoxy) is 1. The Kier molecular flexibility index (Phi) is 4.48. The molecule has 94 valence electrons. The Morgan fingerprint density at radius 2 is 1.72 bits per heavy atom. The average molecular weight is 282 g/mol. The van der Waals surface area contributed by atoms with Crippen molar-refractivity contribution in [3.8, 4) is 5.75 Å². The Hall–Kier alpha value is -1.22. The van der Waals surface area contributed by atoms with Crippen molar-refractivity contribution in [2.75, 3.05) is 0 Å². The van der Waals surface area contributed by atoms with Crippen molar-refractivity contribution >= 4 is 23.2 Å². The molecule has 18 heavy (non-hydrogen) atoms. The summed E-state index contributed by atoms with van der Waals surface area (Å²) in [5, 5.41) is 1.35. The normalized spacial score (nSPS) is 10.4. The van der Waals surface area contributed by atoms with E-state index in [4.69, 9.17) is 33.7 Å². The van der Waals surface area contributed by atoms with Crippen LogP contribution in [0.1, 0.15) is 11.1 Å². The highest BCUT2D eigenvalue weighted by Crippen LogP contribution is 2.23. The predicted molar refractivity (Wildman–Crippen MR) is 75.1 cm³/mol. The zero-order valence-electron chi connectivity index (χ0n) is 9.70. The minimum Gasteiger partial charge on any atom is -0.489 e. The van der Waals surface area contributed by atoms with Gasteiger partial charge in [-0.1, -0.05) is 41.4 Å². The first-order valence-corrected chi connectivity index (χ1v) is 6.30. The van der Waals surface area contributed by atoms with Crippen molar-refractivity contribution in [2.24, 2.45) is 5.73 Å². The first-order chi connectivity index (χ1) is 8.69. The first kappa shape index (κ1) is 13.2. The topological polar surface area (TPSA) is 35.2 Å². The fraction of sp³-hybridized carbons (Fsp3) is 0.143. The summed E-state index contributed by atoms with van der Waals surface area (Å²) in [4.78, 5) is 0. The maximum atomic E-state index is 6.05. The molecule has 0 radical (unpaired) electrons. The minimum absolute atomic E-state index is 0.427. The van der Waals surface area contributed by atoms with Gasteiger partial charge in [-0.2, -0.15) is 0 Å². The summed E-state index contributed by atoms with van der Waals surface area (Å²) < 4.78 is 5.64. The van der Waals surface area contributed by atoms with Gasteiger partial charge in [-0.25, -0.2) is 0 Å². The number of rotatable bonds is 4. The third kappa shape index (κ3) is 3.39. The zero-order valence-corrected chi connectivity index (χ0v) is 11.2. The maximum absolute atomic E-state index is 6.05. The highest BCUT2D eigenvalue weighted by Gasteiger charge is 2.01. The lowest BCUT2D eigenvalue weighted by atomic mass is 10.2. The van der Waals surface area contributed by atoms with Gasteiger partial charge in [0.2, 0.25) is 0 Å². The number of benzene rings is 2. The van der Waals surface area contributed by atoms with Gasteiger partial charge in [0.25, 0.3) is 0 Å². The molecule has 0 aromatic heterocycles. The molecular formula is C14H13Cl2NO. The van der Waals surface area contributed by atoms with E-state index >= 15 is 0 Å². The molecule has 0 spiro atoms. The van der Waals surface area contributed by atoms with Gasteiger partial charge < -0.3 is 10.5 Å². The van der Waals surface area contributed by atoms with E-state index in [9.17, 15) is 0 Å². The molecule has 0 amide bonds. The molecule has 4 heteroatoms. The van der Waals surface area contributed by atoms with Gasteiger partial charge in [-0.3, -0.25) is 0 Å². The molecule has 0 heterocycles. The van der Waals surface area contributed by atoms with E-state index < -0.39 is 0 Å². The molecule has 2 nitrogen and oxygen atoms in total. The van der Waals surface area contributed by atoms with E-state index in [0.717, 1.165) is 16.9 Å². The van der Waals surface area contributed by atoms with Gasteiger partial charge in [-0.15, -0.1) is 0 Å². The molecule has 2 aromatic rings. The predicted octanol–water partition coefficient (Wildman–Crippen LogP) is 4.03. The molecule has 2 aromatic carbocycles. The van der Waals surface area contributed by atoms with Crippen LogP contribution in [0.2, 0.25) is 10.0 Å². The van der Waals surface area contributed by atoms with Crippen LogP contribution in [0, 0.1) is 0 Å². The second kappa shape index (κ2) is 6.10. The maximum Gasteiger partial charge on any atom is 0.121 e. The quantitative estimate of drug-likeness (QED) is 0.918. The Morgan fingerprint density at radius 3 is 2.33 bits per heavy atom. The van der Waals surface area contributed by atoms with Crippen LogP contribution in [0.15, 0.2) is 42.5 Å². The van der Waals surface area contributed by atoms with Crippen molar-refractivity contribution in [1.82, 2.24) is 0 Å². The molecule has 0 bridgehead atoms. The third-order valence-electron chi connectivity index (χ3n) is 2.56. The molecule has 0 unspecified atom stereocenters. The molecule has 0 saturated carbocycles. The van der Waals surface area contributed by atoms with Crippen LogP contribution in [0.4, 0.5) is 0 Å². The van der Waals surface area contributed by atoms with Crippen molar-refractivity contribution in [3.63, 3.8) is 0 Å². The van der Waals surface area contributed by atoms with Crippen LogP contribution in [0.3, 0.4) is 0 Å². The van der Waals surface area contributed by atoms with E-state index in [1.54, 1.807) is 6.07 Å². The van der Waals surface area contributed by atoms with E-state index in [1.165, 1.54) is 0 Å². The fourth-order valence-corrected chi connectivity index (χ4v) is 1.90. The summed E-state index contributed by atoms with van der Waals surface area (Å²) in [6.07, 6.45) is 0. The standard InChI is InChI=1S/C14H13Cl2NO/c15-12-4-1-10(2-5-12)9-18-13-6-3-11(8-17)14(16)7-13/h1-7H,8-9,17H2. The van der Waals surface area contributed by atoms with E-state index in [2.05, 4.69) is 0 Å². The summed E-state index contributed by atoms with van der Waals surface area (Å²) in [5.41, 5.74) is 7.51. The van der Waals surface area contributed by atoms with Crippen molar-refractivity contribution < 1.29 is 4.74 Å². The molecular weight excluding hydrogens is 269 g/mol. The van der Waals surface area contributed by atoms with E-state index in [1.807, 2.05) is 36.4 Å². The highest BCUT2D eigenvalue weighted by atomic mass is 35.5. The Balaban J connectivity index is 2.02. The van der Waals surface area contributed by atoms with Gasteiger partial charge in [0.1, 0.15) is 12.4 Å². The molecule has 0 fully saturated rings. The third-order valence-corrected chi connectivity index (χ3v) is 3.17. The summed E-state index contributed by atoms with van der Waals surface area (Å²) in [5.74, 6) is 0.729. The molecule has 0 saturated heterocycles. The van der Waals surface area contributed by atoms with Crippen LogP contribution in [0.25, 0.3) is 0 Å². The lowest BCUT2D eigenvalue weighted by molar-refractivity contribution is 0.306. The molecule has 2 rings (SSSR count). The number of hydrogen-bond acceptors (Lipinski definition) is 2. The van der Waals surface area contributed by atoms with Gasteiger partial charge in [0.15, 0.2) is 0 Å². The minimum atomic E-state index is 0.427. The number of halogens is 2. The Labute approximate surface area is 116 Å². The van der Waals surface area contributed by atoms with Gasteiger partial charge in [-0.05, 0) is 35.4 Å². The first-order valence-electron chi connectivity index (χ1n) is 5.55. The lowest BCUT2D eigenvalue weighted by Gasteiger charge is -2.08. The van der Waals surface area contributed by atoms with Gasteiger partial charge in [0.05, 0.1) is 0 Å². The van der Waals surface area contributed by atoms with Crippen LogP contribution in [-0.4, -0.2) is 0 Å². The van der Waals surface area contributed by atoms with E-state index in [-0.39, 0.29) is 0 Å². The Morgan fingerprint density at radius 1 is 1.00 bits per heavy atom. The van der Waals surface area contributed by atoms with Crippen molar-refractivity contribution in [1.29, 1.82) is 0 Å². The molecule has 2 N–H and O–H groups in total. The second-order valence-electron chi connectivity index (χ2n) is 3.87. The lowest BCUT2D eigenvalue weighted by Crippen LogP contribution is -1.99. The average Bonchev–Trinajstić information content (AvgIpc) is 2.38. The summed E-state index contributed by atoms with van der Waals surface area (Å²) >= 11 is 11.9. The van der Waals surface area contributed by atoms with Crippen molar-refractivity contribution in [3.05, 3.63) is 63.6 Å². The van der Waals surface area contributed by atoms with Crippen molar-refractivity contribution in [2.45, 2.75) is 13.2 Å². The summed E-state index contributed by atoms with van der Waals surface area (Å²) in [6, 6.07) is 13.1. The largest absolute Gasteiger partial charge is 0.489 e. The Bertz CT molecular complexity index is 526. The monoisotopic (exact) mass is 281 g/mol. The molecule has 0 atom stereocenters. The van der Waals surface area contributed by atoms with Crippen LogP contribution in [-0.2, 0) is 13.2 Å². The van der Waals surface area contributed by atoms with Gasteiger partial charge >= 0.3 is 0 Å². The highest BCUT2D eigenvalue weighted by molar-refractivity contribution is 6.31. The number of hydrogen-bond donors (Lipinski definition) is 1. The smallest absolute Gasteiger partial charge is 0.121 e. The van der Waals surface area contributed by atoms with Crippen LogP contribution in [0.5, 0.6) is 5.75 Å². The fourth-order valence-electron chi connectivity index (χ4n) is 1.53. The summed E-state index contributed by atoms with van der Waals surface area (Å²) in [6.45, 7) is 0.908. The molecule has 0 aliphatic carbocycles. The zero-order chi connectivity index (χ0) is 13.0. The second-order valence-corrected chi connectivity index (χ2v) is 4.72. The molecule has 0 aliphatic rings. The SMILES string of the molecule is NCc1ccc(OCc2ccc(Cl)cc2)cc1Cl. The van der Waals surface area contributed by atoms with Crippen LogP contribution >= 0.6 is 23.2 Å². The van der Waals surface area contributed by atoms with E-state index in [0.29, 0.717) is 23.2 Å². The molecule has 0 aliphatic heterocycles.